The number of hydrogen-bond acceptors (Lipinski definition) is 1. The fraction of sp³-hybridized carbons (Fsp3) is 0.500. The molecule has 29 heavy (non-hydrogen) atoms. The SMILES string of the molecule is CCCCCC(C)C1CC=C(c2ccc(-c3ccc(OCCC)cc3)cc2)CC1. The Labute approximate surface area is 178 Å². The monoisotopic (exact) mass is 390 g/mol. The molecule has 0 radical (unpaired) electrons. The van der Waals surface area contributed by atoms with E-state index >= 15 is 0 Å². The van der Waals surface area contributed by atoms with Gasteiger partial charge in [-0.3, -0.25) is 0 Å². The summed E-state index contributed by atoms with van der Waals surface area (Å²) >= 11 is 0. The van der Waals surface area contributed by atoms with E-state index in [9.17, 15) is 0 Å². The van der Waals surface area contributed by atoms with Crippen molar-refractivity contribution in [1.29, 1.82) is 0 Å². The Morgan fingerprint density at radius 2 is 1.52 bits per heavy atom. The lowest BCUT2D eigenvalue weighted by molar-refractivity contribution is 0.308. The molecule has 1 aliphatic carbocycles. The number of unbranched alkanes of at least 4 members (excludes halogenated alkanes) is 2. The van der Waals surface area contributed by atoms with Gasteiger partial charge in [0.1, 0.15) is 5.75 Å². The molecule has 0 saturated heterocycles. The molecule has 0 heterocycles. The molecule has 0 N–H and O–H groups in total. The highest BCUT2D eigenvalue weighted by Gasteiger charge is 2.20. The van der Waals surface area contributed by atoms with Crippen LogP contribution in [0.4, 0.5) is 0 Å². The first-order chi connectivity index (χ1) is 14.2. The van der Waals surface area contributed by atoms with Crippen LogP contribution >= 0.6 is 0 Å². The van der Waals surface area contributed by atoms with Gasteiger partial charge in [0.15, 0.2) is 0 Å². The van der Waals surface area contributed by atoms with Crippen LogP contribution in [0.15, 0.2) is 54.6 Å². The summed E-state index contributed by atoms with van der Waals surface area (Å²) in [4.78, 5) is 0. The minimum atomic E-state index is 0.779. The topological polar surface area (TPSA) is 9.23 Å². The molecule has 0 amide bonds. The fourth-order valence-corrected chi connectivity index (χ4v) is 4.43. The van der Waals surface area contributed by atoms with Crippen LogP contribution in [-0.4, -0.2) is 6.61 Å². The van der Waals surface area contributed by atoms with Crippen LogP contribution in [0.3, 0.4) is 0 Å². The lowest BCUT2D eigenvalue weighted by Gasteiger charge is -2.27. The number of allylic oxidation sites excluding steroid dienone is 2. The first-order valence-corrected chi connectivity index (χ1v) is 11.7. The molecule has 2 unspecified atom stereocenters. The molecule has 1 aliphatic rings. The molecule has 0 aliphatic heterocycles. The smallest absolute Gasteiger partial charge is 0.119 e. The van der Waals surface area contributed by atoms with Gasteiger partial charge in [0.25, 0.3) is 0 Å². The normalized spacial score (nSPS) is 17.6. The van der Waals surface area contributed by atoms with Crippen LogP contribution in [0.25, 0.3) is 16.7 Å². The maximum absolute atomic E-state index is 5.69. The van der Waals surface area contributed by atoms with Gasteiger partial charge >= 0.3 is 0 Å². The molecular formula is C28H38O. The maximum atomic E-state index is 5.69. The van der Waals surface area contributed by atoms with Crippen LogP contribution in [0.1, 0.15) is 77.7 Å². The molecule has 2 aromatic rings. The summed E-state index contributed by atoms with van der Waals surface area (Å²) in [5.74, 6) is 2.70. The predicted molar refractivity (Wildman–Crippen MR) is 126 cm³/mol. The minimum Gasteiger partial charge on any atom is -0.494 e. The first-order valence-electron chi connectivity index (χ1n) is 11.7. The van der Waals surface area contributed by atoms with Gasteiger partial charge in [0, 0.05) is 0 Å². The third-order valence-electron chi connectivity index (χ3n) is 6.44. The van der Waals surface area contributed by atoms with Crippen molar-refractivity contribution in [3.8, 4) is 16.9 Å². The molecule has 0 aromatic heterocycles. The van der Waals surface area contributed by atoms with Gasteiger partial charge in [0.05, 0.1) is 6.61 Å². The van der Waals surface area contributed by atoms with Crippen molar-refractivity contribution in [1.82, 2.24) is 0 Å². The highest BCUT2D eigenvalue weighted by molar-refractivity contribution is 5.71. The zero-order valence-electron chi connectivity index (χ0n) is 18.6. The number of rotatable bonds is 10. The fourth-order valence-electron chi connectivity index (χ4n) is 4.43. The molecule has 1 nitrogen and oxygen atoms in total. The van der Waals surface area contributed by atoms with Crippen molar-refractivity contribution in [2.75, 3.05) is 6.61 Å². The van der Waals surface area contributed by atoms with Crippen molar-refractivity contribution in [2.45, 2.75) is 72.1 Å². The summed E-state index contributed by atoms with van der Waals surface area (Å²) in [6, 6.07) is 17.6. The van der Waals surface area contributed by atoms with Gasteiger partial charge in [-0.25, -0.2) is 0 Å². The molecule has 156 valence electrons. The van der Waals surface area contributed by atoms with E-state index in [0.29, 0.717) is 0 Å². The second-order valence-electron chi connectivity index (χ2n) is 8.69. The minimum absolute atomic E-state index is 0.779. The van der Waals surface area contributed by atoms with E-state index in [-0.39, 0.29) is 0 Å². The number of benzene rings is 2. The third-order valence-corrected chi connectivity index (χ3v) is 6.44. The molecule has 3 rings (SSSR count). The summed E-state index contributed by atoms with van der Waals surface area (Å²) in [7, 11) is 0. The van der Waals surface area contributed by atoms with Gasteiger partial charge < -0.3 is 4.74 Å². The van der Waals surface area contributed by atoms with E-state index in [1.807, 2.05) is 0 Å². The van der Waals surface area contributed by atoms with Crippen molar-refractivity contribution in [3.63, 3.8) is 0 Å². The summed E-state index contributed by atoms with van der Waals surface area (Å²) in [5.41, 5.74) is 5.46. The highest BCUT2D eigenvalue weighted by atomic mass is 16.5. The van der Waals surface area contributed by atoms with Crippen molar-refractivity contribution >= 4 is 5.57 Å². The van der Waals surface area contributed by atoms with E-state index in [1.54, 1.807) is 0 Å². The Morgan fingerprint density at radius 3 is 2.10 bits per heavy atom. The van der Waals surface area contributed by atoms with E-state index < -0.39 is 0 Å². The van der Waals surface area contributed by atoms with Gasteiger partial charge in [-0.05, 0) is 71.9 Å². The average Bonchev–Trinajstić information content (AvgIpc) is 2.78. The molecule has 0 saturated carbocycles. The quantitative estimate of drug-likeness (QED) is 0.369. The summed E-state index contributed by atoms with van der Waals surface area (Å²) in [5, 5.41) is 0. The largest absolute Gasteiger partial charge is 0.494 e. The number of hydrogen-bond donors (Lipinski definition) is 0. The Bertz CT molecular complexity index is 754. The molecule has 2 aromatic carbocycles. The Kier molecular flexibility index (Phi) is 8.40. The second-order valence-corrected chi connectivity index (χ2v) is 8.69. The molecule has 1 heteroatoms. The van der Waals surface area contributed by atoms with E-state index in [4.69, 9.17) is 4.74 Å². The average molecular weight is 391 g/mol. The first kappa shape index (κ1) is 21.7. The second kappa shape index (κ2) is 11.2. The van der Waals surface area contributed by atoms with Crippen LogP contribution in [-0.2, 0) is 0 Å². The summed E-state index contributed by atoms with van der Waals surface area (Å²) in [6.07, 6.45) is 12.9. The summed E-state index contributed by atoms with van der Waals surface area (Å²) < 4.78 is 5.69. The molecule has 0 spiro atoms. The lowest BCUT2D eigenvalue weighted by Crippen LogP contribution is -2.14. The molecule has 0 fully saturated rings. The highest BCUT2D eigenvalue weighted by Crippen LogP contribution is 2.36. The number of ether oxygens (including phenoxy) is 1. The zero-order chi connectivity index (χ0) is 20.5. The standard InChI is InChI=1S/C28H38O/c1-4-6-7-8-22(3)23-9-11-24(12-10-23)25-13-15-26(16-14-25)27-17-19-28(20-18-27)29-21-5-2/h11,13-20,22-23H,4-10,12,21H2,1-3H3. The molecule has 0 bridgehead atoms. The van der Waals surface area contributed by atoms with Crippen LogP contribution in [0.2, 0.25) is 0 Å². The van der Waals surface area contributed by atoms with Crippen LogP contribution < -0.4 is 4.74 Å². The van der Waals surface area contributed by atoms with Gasteiger partial charge in [-0.15, -0.1) is 0 Å². The molecule has 2 atom stereocenters. The Hall–Kier alpha value is -2.02. The Morgan fingerprint density at radius 1 is 0.862 bits per heavy atom. The van der Waals surface area contributed by atoms with Gasteiger partial charge in [-0.2, -0.15) is 0 Å². The van der Waals surface area contributed by atoms with Gasteiger partial charge in [-0.1, -0.05) is 88.9 Å². The van der Waals surface area contributed by atoms with E-state index in [2.05, 4.69) is 75.4 Å². The van der Waals surface area contributed by atoms with Gasteiger partial charge in [0.2, 0.25) is 0 Å². The van der Waals surface area contributed by atoms with Crippen LogP contribution in [0, 0.1) is 11.8 Å². The van der Waals surface area contributed by atoms with E-state index in [1.165, 1.54) is 67.2 Å². The lowest BCUT2D eigenvalue weighted by atomic mass is 9.78. The molecular weight excluding hydrogens is 352 g/mol. The van der Waals surface area contributed by atoms with Crippen LogP contribution in [0.5, 0.6) is 5.75 Å². The predicted octanol–water partition coefficient (Wildman–Crippen LogP) is 8.54. The maximum Gasteiger partial charge on any atom is 0.119 e. The van der Waals surface area contributed by atoms with Crippen molar-refractivity contribution in [2.24, 2.45) is 11.8 Å². The zero-order valence-corrected chi connectivity index (χ0v) is 18.6. The Balaban J connectivity index is 1.57. The summed E-state index contributed by atoms with van der Waals surface area (Å²) in [6.45, 7) is 7.67. The van der Waals surface area contributed by atoms with E-state index in [0.717, 1.165) is 30.6 Å². The van der Waals surface area contributed by atoms with Crippen molar-refractivity contribution < 1.29 is 4.74 Å². The third kappa shape index (κ3) is 6.23. The van der Waals surface area contributed by atoms with Crippen molar-refractivity contribution in [3.05, 3.63) is 60.2 Å².